The van der Waals surface area contributed by atoms with Gasteiger partial charge in [-0.1, -0.05) is 6.07 Å². The summed E-state index contributed by atoms with van der Waals surface area (Å²) in [6.45, 7) is 6.57. The van der Waals surface area contributed by atoms with Gasteiger partial charge in [-0.2, -0.15) is 0 Å². The zero-order chi connectivity index (χ0) is 18.4. The van der Waals surface area contributed by atoms with E-state index in [4.69, 9.17) is 9.47 Å². The topological polar surface area (TPSA) is 79.9 Å². The van der Waals surface area contributed by atoms with Crippen molar-refractivity contribution in [2.45, 2.75) is 45.3 Å². The molecule has 1 atom stereocenters. The molecule has 1 fully saturated rings. The Bertz CT molecular complexity index is 613. The molecule has 138 valence electrons. The summed E-state index contributed by atoms with van der Waals surface area (Å²) in [5.41, 5.74) is 0.133. The van der Waals surface area contributed by atoms with Crippen LogP contribution in [0.25, 0.3) is 0 Å². The van der Waals surface area contributed by atoms with E-state index in [9.17, 15) is 9.59 Å². The maximum Gasteiger partial charge on any atom is 0.407 e. The molecule has 1 aromatic carbocycles. The fraction of sp³-hybridized carbons (Fsp3) is 0.556. The molecule has 0 bridgehead atoms. The highest BCUT2D eigenvalue weighted by atomic mass is 16.6. The number of amides is 3. The van der Waals surface area contributed by atoms with Gasteiger partial charge in [0, 0.05) is 30.9 Å². The number of nitrogens with zero attached hydrogens (tertiary/aromatic N) is 1. The predicted molar refractivity (Wildman–Crippen MR) is 96.0 cm³/mol. The van der Waals surface area contributed by atoms with Crippen LogP contribution in [-0.4, -0.2) is 48.9 Å². The Kier molecular flexibility index (Phi) is 6.12. The molecule has 1 heterocycles. The molecule has 0 unspecified atom stereocenters. The lowest BCUT2D eigenvalue weighted by molar-refractivity contribution is 0.0480. The Morgan fingerprint density at radius 3 is 2.72 bits per heavy atom. The molecule has 0 spiro atoms. The van der Waals surface area contributed by atoms with Crippen molar-refractivity contribution in [2.24, 2.45) is 0 Å². The molecular weight excluding hydrogens is 322 g/mol. The highest BCUT2D eigenvalue weighted by Gasteiger charge is 2.26. The maximum absolute atomic E-state index is 12.5. The second-order valence-electron chi connectivity index (χ2n) is 7.09. The summed E-state index contributed by atoms with van der Waals surface area (Å²) >= 11 is 0. The summed E-state index contributed by atoms with van der Waals surface area (Å²) in [5.74, 6) is 0.681. The van der Waals surface area contributed by atoms with Gasteiger partial charge < -0.3 is 25.0 Å². The van der Waals surface area contributed by atoms with Gasteiger partial charge in [-0.25, -0.2) is 9.59 Å². The molecule has 1 aliphatic rings. The largest absolute Gasteiger partial charge is 0.497 e. The molecule has 1 saturated heterocycles. The number of carbonyl (C=O) groups excluding carboxylic acids is 2. The van der Waals surface area contributed by atoms with Gasteiger partial charge in [0.05, 0.1) is 7.11 Å². The number of nitrogens with one attached hydrogen (secondary N) is 2. The van der Waals surface area contributed by atoms with Gasteiger partial charge in [0.25, 0.3) is 0 Å². The van der Waals surface area contributed by atoms with Crippen molar-refractivity contribution < 1.29 is 19.1 Å². The monoisotopic (exact) mass is 349 g/mol. The first-order valence-electron chi connectivity index (χ1n) is 8.46. The molecule has 0 aliphatic carbocycles. The van der Waals surface area contributed by atoms with Crippen LogP contribution < -0.4 is 15.4 Å². The van der Waals surface area contributed by atoms with E-state index in [1.54, 1.807) is 24.1 Å². The molecular formula is C18H27N3O4. The van der Waals surface area contributed by atoms with Gasteiger partial charge in [0.2, 0.25) is 0 Å². The predicted octanol–water partition coefficient (Wildman–Crippen LogP) is 3.22. The van der Waals surface area contributed by atoms with E-state index in [0.29, 0.717) is 24.5 Å². The fourth-order valence-electron chi connectivity index (χ4n) is 2.66. The molecule has 0 aromatic heterocycles. The molecule has 7 nitrogen and oxygen atoms in total. The van der Waals surface area contributed by atoms with Crippen molar-refractivity contribution in [2.75, 3.05) is 25.5 Å². The van der Waals surface area contributed by atoms with E-state index in [-0.39, 0.29) is 12.1 Å². The van der Waals surface area contributed by atoms with Crippen LogP contribution in [-0.2, 0) is 4.74 Å². The van der Waals surface area contributed by atoms with E-state index in [1.165, 1.54) is 0 Å². The highest BCUT2D eigenvalue weighted by molar-refractivity contribution is 5.89. The van der Waals surface area contributed by atoms with Crippen LogP contribution in [0.15, 0.2) is 24.3 Å². The number of hydrogen-bond acceptors (Lipinski definition) is 4. The number of anilines is 1. The van der Waals surface area contributed by atoms with E-state index in [0.717, 1.165) is 12.8 Å². The van der Waals surface area contributed by atoms with Crippen molar-refractivity contribution in [1.82, 2.24) is 10.2 Å². The van der Waals surface area contributed by atoms with Crippen LogP contribution in [0.1, 0.15) is 33.6 Å². The number of benzene rings is 1. The number of alkyl carbamates (subject to hydrolysis) is 1. The zero-order valence-electron chi connectivity index (χ0n) is 15.3. The van der Waals surface area contributed by atoms with Crippen molar-refractivity contribution in [3.63, 3.8) is 0 Å². The van der Waals surface area contributed by atoms with Crippen LogP contribution in [0.4, 0.5) is 15.3 Å². The molecule has 1 aliphatic heterocycles. The minimum absolute atomic E-state index is 0.111. The summed E-state index contributed by atoms with van der Waals surface area (Å²) in [4.78, 5) is 26.1. The molecule has 0 saturated carbocycles. The Hall–Kier alpha value is -2.44. The third-order valence-electron chi connectivity index (χ3n) is 3.75. The number of ether oxygens (including phenoxy) is 2. The molecule has 2 N–H and O–H groups in total. The second-order valence-corrected chi connectivity index (χ2v) is 7.09. The minimum Gasteiger partial charge on any atom is -0.497 e. The molecule has 2 rings (SSSR count). The Labute approximate surface area is 148 Å². The Morgan fingerprint density at radius 2 is 2.04 bits per heavy atom. The SMILES string of the molecule is COc1cccc(NC(=O)N2CCC[C@H](NC(=O)OC(C)(C)C)C2)c1. The lowest BCUT2D eigenvalue weighted by Crippen LogP contribution is -2.51. The van der Waals surface area contributed by atoms with Crippen molar-refractivity contribution in [1.29, 1.82) is 0 Å². The van der Waals surface area contributed by atoms with Gasteiger partial charge in [0.1, 0.15) is 11.4 Å². The van der Waals surface area contributed by atoms with Gasteiger partial charge in [-0.3, -0.25) is 0 Å². The molecule has 25 heavy (non-hydrogen) atoms. The van der Waals surface area contributed by atoms with Gasteiger partial charge in [-0.15, -0.1) is 0 Å². The maximum atomic E-state index is 12.5. The first kappa shape index (κ1) is 18.9. The van der Waals surface area contributed by atoms with Crippen LogP contribution in [0.3, 0.4) is 0 Å². The van der Waals surface area contributed by atoms with Gasteiger partial charge >= 0.3 is 12.1 Å². The average Bonchev–Trinajstić information content (AvgIpc) is 2.53. The van der Waals surface area contributed by atoms with Crippen molar-refractivity contribution >= 4 is 17.8 Å². The number of carbonyl (C=O) groups is 2. The molecule has 3 amide bonds. The summed E-state index contributed by atoms with van der Waals surface area (Å²) in [7, 11) is 1.58. The number of rotatable bonds is 3. The number of methoxy groups -OCH3 is 1. The molecule has 1 aromatic rings. The smallest absolute Gasteiger partial charge is 0.407 e. The van der Waals surface area contributed by atoms with E-state index >= 15 is 0 Å². The number of hydrogen-bond donors (Lipinski definition) is 2. The lowest BCUT2D eigenvalue weighted by atomic mass is 10.1. The third-order valence-corrected chi connectivity index (χ3v) is 3.75. The van der Waals surface area contributed by atoms with Crippen LogP contribution in [0.5, 0.6) is 5.75 Å². The van der Waals surface area contributed by atoms with Crippen LogP contribution in [0, 0.1) is 0 Å². The van der Waals surface area contributed by atoms with Crippen LogP contribution in [0.2, 0.25) is 0 Å². The summed E-state index contributed by atoms with van der Waals surface area (Å²) in [6, 6.07) is 6.90. The quantitative estimate of drug-likeness (QED) is 0.878. The van der Waals surface area contributed by atoms with Crippen molar-refractivity contribution in [3.8, 4) is 5.75 Å². The van der Waals surface area contributed by atoms with Gasteiger partial charge in [0.15, 0.2) is 0 Å². The zero-order valence-corrected chi connectivity index (χ0v) is 15.3. The number of piperidine rings is 1. The first-order chi connectivity index (χ1) is 11.8. The lowest BCUT2D eigenvalue weighted by Gasteiger charge is -2.33. The van der Waals surface area contributed by atoms with Gasteiger partial charge in [-0.05, 0) is 45.7 Å². The Morgan fingerprint density at radius 1 is 1.28 bits per heavy atom. The summed E-state index contributed by atoms with van der Waals surface area (Å²) < 4.78 is 10.4. The second kappa shape index (κ2) is 8.09. The number of urea groups is 1. The summed E-state index contributed by atoms with van der Waals surface area (Å²) in [5, 5.41) is 5.70. The van der Waals surface area contributed by atoms with E-state index < -0.39 is 11.7 Å². The van der Waals surface area contributed by atoms with Crippen molar-refractivity contribution in [3.05, 3.63) is 24.3 Å². The standard InChI is InChI=1S/C18H27N3O4/c1-18(2,3)25-17(23)20-14-8-6-10-21(12-14)16(22)19-13-7-5-9-15(11-13)24-4/h5,7,9,11,14H,6,8,10,12H2,1-4H3,(H,19,22)(H,20,23)/t14-/m0/s1. The highest BCUT2D eigenvalue weighted by Crippen LogP contribution is 2.18. The third kappa shape index (κ3) is 6.17. The van der Waals surface area contributed by atoms with Crippen LogP contribution >= 0.6 is 0 Å². The Balaban J connectivity index is 1.89. The minimum atomic E-state index is -0.540. The normalized spacial score (nSPS) is 17.6. The molecule has 7 heteroatoms. The fourth-order valence-corrected chi connectivity index (χ4v) is 2.66. The first-order valence-corrected chi connectivity index (χ1v) is 8.46. The summed E-state index contributed by atoms with van der Waals surface area (Å²) in [6.07, 6.45) is 1.20. The average molecular weight is 349 g/mol. The number of likely N-dealkylation sites (tertiary alicyclic amines) is 1. The van der Waals surface area contributed by atoms with E-state index in [2.05, 4.69) is 10.6 Å². The van der Waals surface area contributed by atoms with E-state index in [1.807, 2.05) is 32.9 Å². The molecule has 0 radical (unpaired) electrons.